The lowest BCUT2D eigenvalue weighted by Crippen LogP contribution is -2.49. The van der Waals surface area contributed by atoms with E-state index in [0.29, 0.717) is 19.5 Å². The van der Waals surface area contributed by atoms with Gasteiger partial charge in [-0.15, -0.1) is 0 Å². The van der Waals surface area contributed by atoms with Crippen molar-refractivity contribution in [3.63, 3.8) is 0 Å². The summed E-state index contributed by atoms with van der Waals surface area (Å²) < 4.78 is 18.4. The number of rotatable bonds is 1. The summed E-state index contributed by atoms with van der Waals surface area (Å²) in [7, 11) is 0. The summed E-state index contributed by atoms with van der Waals surface area (Å²) in [5.41, 5.74) is 6.61. The number of benzene rings is 1. The smallest absolute Gasteiger partial charge is 0.410 e. The molecule has 1 aliphatic heterocycles. The predicted octanol–water partition coefficient (Wildman–Crippen LogP) is 2.88. The van der Waals surface area contributed by atoms with Crippen molar-refractivity contribution in [1.82, 2.24) is 4.90 Å². The van der Waals surface area contributed by atoms with Crippen LogP contribution in [0.4, 0.5) is 9.18 Å². The zero-order chi connectivity index (χ0) is 15.6. The Bertz CT molecular complexity index is 496. The summed E-state index contributed by atoms with van der Waals surface area (Å²) in [5.74, 6) is -0.265. The van der Waals surface area contributed by atoms with Crippen LogP contribution in [0.1, 0.15) is 38.7 Å². The van der Waals surface area contributed by atoms with Gasteiger partial charge in [-0.25, -0.2) is 9.18 Å². The van der Waals surface area contributed by atoms with Crippen molar-refractivity contribution < 1.29 is 13.9 Å². The topological polar surface area (TPSA) is 55.6 Å². The van der Waals surface area contributed by atoms with Crippen molar-refractivity contribution in [3.8, 4) is 0 Å². The Morgan fingerprint density at radius 1 is 1.33 bits per heavy atom. The molecule has 0 bridgehead atoms. The maximum absolute atomic E-state index is 13.0. The molecule has 116 valence electrons. The van der Waals surface area contributed by atoms with E-state index in [2.05, 4.69) is 0 Å². The average molecular weight is 294 g/mol. The number of ether oxygens (including phenoxy) is 1. The third-order valence-corrected chi connectivity index (χ3v) is 3.62. The molecule has 1 fully saturated rings. The van der Waals surface area contributed by atoms with Gasteiger partial charge in [0.25, 0.3) is 0 Å². The fraction of sp³-hybridized carbons (Fsp3) is 0.562. The van der Waals surface area contributed by atoms with E-state index in [4.69, 9.17) is 10.5 Å². The molecule has 1 aliphatic rings. The molecule has 1 heterocycles. The van der Waals surface area contributed by atoms with Crippen molar-refractivity contribution in [1.29, 1.82) is 0 Å². The lowest BCUT2D eigenvalue weighted by Gasteiger charge is -2.37. The lowest BCUT2D eigenvalue weighted by molar-refractivity contribution is 0.0186. The fourth-order valence-electron chi connectivity index (χ4n) is 2.53. The van der Waals surface area contributed by atoms with E-state index in [1.165, 1.54) is 12.1 Å². The molecule has 2 atom stereocenters. The molecule has 0 spiro atoms. The van der Waals surface area contributed by atoms with E-state index in [-0.39, 0.29) is 23.9 Å². The molecule has 2 rings (SSSR count). The highest BCUT2D eigenvalue weighted by atomic mass is 19.1. The van der Waals surface area contributed by atoms with Gasteiger partial charge in [-0.1, -0.05) is 12.1 Å². The summed E-state index contributed by atoms with van der Waals surface area (Å²) in [4.78, 5) is 13.8. The normalized spacial score (nSPS) is 23.0. The van der Waals surface area contributed by atoms with E-state index in [0.717, 1.165) is 5.56 Å². The average Bonchev–Trinajstić information content (AvgIpc) is 2.38. The van der Waals surface area contributed by atoms with Gasteiger partial charge < -0.3 is 15.4 Å². The van der Waals surface area contributed by atoms with Gasteiger partial charge in [0.15, 0.2) is 0 Å². The van der Waals surface area contributed by atoms with Crippen LogP contribution in [0.25, 0.3) is 0 Å². The Labute approximate surface area is 125 Å². The zero-order valence-electron chi connectivity index (χ0n) is 12.8. The summed E-state index contributed by atoms with van der Waals surface area (Å²) in [6.45, 7) is 6.63. The lowest BCUT2D eigenvalue weighted by atomic mass is 9.87. The first-order chi connectivity index (χ1) is 9.76. The highest BCUT2D eigenvalue weighted by Crippen LogP contribution is 2.27. The Hall–Kier alpha value is -1.62. The van der Waals surface area contributed by atoms with Crippen molar-refractivity contribution in [2.45, 2.75) is 44.8 Å². The minimum Gasteiger partial charge on any atom is -0.444 e. The standard InChI is InChI=1S/C16H23FN2O2/c1-16(2,3)21-15(20)19-9-8-14(18)13(10-19)11-4-6-12(17)7-5-11/h4-7,13-14H,8-10,18H2,1-3H3/t13?,14-/m1/s1. The summed E-state index contributed by atoms with van der Waals surface area (Å²) in [6, 6.07) is 6.29. The van der Waals surface area contributed by atoms with E-state index in [9.17, 15) is 9.18 Å². The minimum absolute atomic E-state index is 0.00636. The molecule has 1 amide bonds. The largest absolute Gasteiger partial charge is 0.444 e. The van der Waals surface area contributed by atoms with Crippen molar-refractivity contribution in [2.24, 2.45) is 5.73 Å². The van der Waals surface area contributed by atoms with Gasteiger partial charge in [0.1, 0.15) is 11.4 Å². The van der Waals surface area contributed by atoms with Crippen LogP contribution in [-0.4, -0.2) is 35.7 Å². The van der Waals surface area contributed by atoms with Crippen molar-refractivity contribution >= 4 is 6.09 Å². The molecule has 0 aromatic heterocycles. The van der Waals surface area contributed by atoms with E-state index in [1.54, 1.807) is 17.0 Å². The molecule has 0 radical (unpaired) electrons. The Kier molecular flexibility index (Phi) is 4.52. The molecule has 1 saturated heterocycles. The van der Waals surface area contributed by atoms with Crippen LogP contribution < -0.4 is 5.73 Å². The molecule has 2 N–H and O–H groups in total. The monoisotopic (exact) mass is 294 g/mol. The van der Waals surface area contributed by atoms with Crippen LogP contribution in [0.15, 0.2) is 24.3 Å². The highest BCUT2D eigenvalue weighted by molar-refractivity contribution is 5.68. The van der Waals surface area contributed by atoms with Crippen LogP contribution in [-0.2, 0) is 4.74 Å². The SMILES string of the molecule is CC(C)(C)OC(=O)N1CC[C@@H](N)C(c2ccc(F)cc2)C1. The number of carbonyl (C=O) groups is 1. The number of amides is 1. The van der Waals surface area contributed by atoms with E-state index >= 15 is 0 Å². The maximum Gasteiger partial charge on any atom is 0.410 e. The number of carbonyl (C=O) groups excluding carboxylic acids is 1. The van der Waals surface area contributed by atoms with Gasteiger partial charge in [0.05, 0.1) is 0 Å². The van der Waals surface area contributed by atoms with Crippen molar-refractivity contribution in [2.75, 3.05) is 13.1 Å². The van der Waals surface area contributed by atoms with Crippen LogP contribution >= 0.6 is 0 Å². The first-order valence-electron chi connectivity index (χ1n) is 7.25. The van der Waals surface area contributed by atoms with Gasteiger partial charge in [-0.2, -0.15) is 0 Å². The second kappa shape index (κ2) is 6.02. The molecule has 21 heavy (non-hydrogen) atoms. The van der Waals surface area contributed by atoms with Gasteiger partial charge in [-0.05, 0) is 44.9 Å². The van der Waals surface area contributed by atoms with Crippen LogP contribution in [0.5, 0.6) is 0 Å². The second-order valence-corrected chi connectivity index (χ2v) is 6.54. The molecule has 1 aromatic rings. The van der Waals surface area contributed by atoms with E-state index < -0.39 is 5.60 Å². The summed E-state index contributed by atoms with van der Waals surface area (Å²) >= 11 is 0. The molecule has 0 saturated carbocycles. The summed E-state index contributed by atoms with van der Waals surface area (Å²) in [5, 5.41) is 0. The van der Waals surface area contributed by atoms with Gasteiger partial charge in [0, 0.05) is 25.0 Å². The number of hydrogen-bond acceptors (Lipinski definition) is 3. The Morgan fingerprint density at radius 3 is 2.52 bits per heavy atom. The minimum atomic E-state index is -0.512. The first kappa shape index (κ1) is 15.8. The number of nitrogens with zero attached hydrogens (tertiary/aromatic N) is 1. The van der Waals surface area contributed by atoms with Gasteiger partial charge in [-0.3, -0.25) is 0 Å². The van der Waals surface area contributed by atoms with Gasteiger partial charge in [0.2, 0.25) is 0 Å². The maximum atomic E-state index is 13.0. The first-order valence-corrected chi connectivity index (χ1v) is 7.25. The highest BCUT2D eigenvalue weighted by Gasteiger charge is 2.32. The van der Waals surface area contributed by atoms with Crippen LogP contribution in [0.2, 0.25) is 0 Å². The van der Waals surface area contributed by atoms with Crippen molar-refractivity contribution in [3.05, 3.63) is 35.6 Å². The van der Waals surface area contributed by atoms with Crippen LogP contribution in [0.3, 0.4) is 0 Å². The number of halogens is 1. The zero-order valence-corrected chi connectivity index (χ0v) is 12.8. The van der Waals surface area contributed by atoms with E-state index in [1.807, 2.05) is 20.8 Å². The predicted molar refractivity (Wildman–Crippen MR) is 79.5 cm³/mol. The fourth-order valence-corrected chi connectivity index (χ4v) is 2.53. The summed E-state index contributed by atoms with van der Waals surface area (Å²) in [6.07, 6.45) is 0.392. The van der Waals surface area contributed by atoms with Crippen LogP contribution in [0, 0.1) is 5.82 Å². The quantitative estimate of drug-likeness (QED) is 0.866. The third-order valence-electron chi connectivity index (χ3n) is 3.62. The molecular weight excluding hydrogens is 271 g/mol. The molecule has 4 nitrogen and oxygen atoms in total. The number of piperidine rings is 1. The molecule has 1 aromatic carbocycles. The second-order valence-electron chi connectivity index (χ2n) is 6.54. The Morgan fingerprint density at radius 2 is 1.95 bits per heavy atom. The molecule has 1 unspecified atom stereocenters. The molecular formula is C16H23FN2O2. The number of likely N-dealkylation sites (tertiary alicyclic amines) is 1. The van der Waals surface area contributed by atoms with Gasteiger partial charge >= 0.3 is 6.09 Å². The Balaban J connectivity index is 2.09. The number of hydrogen-bond donors (Lipinski definition) is 1. The molecule has 5 heteroatoms. The third kappa shape index (κ3) is 4.17. The number of nitrogens with two attached hydrogens (primary N) is 1. The molecule has 0 aliphatic carbocycles.